The van der Waals surface area contributed by atoms with Gasteiger partial charge < -0.3 is 15.0 Å². The van der Waals surface area contributed by atoms with Gasteiger partial charge in [0, 0.05) is 12.1 Å². The standard InChI is InChI=1S/C19H22Cl2N2O2/c1-23(2)17(14-6-4-5-7-18(14)25-3)12-22-19(24)11-13-8-9-15(20)16(21)10-13/h4-10,17H,11-12H2,1-3H3,(H,22,24). The van der Waals surface area contributed by atoms with E-state index in [0.29, 0.717) is 16.6 Å². The zero-order valence-corrected chi connectivity index (χ0v) is 16.1. The van der Waals surface area contributed by atoms with Gasteiger partial charge in [-0.3, -0.25) is 4.79 Å². The summed E-state index contributed by atoms with van der Waals surface area (Å²) < 4.78 is 5.44. The highest BCUT2D eigenvalue weighted by molar-refractivity contribution is 6.42. The molecular formula is C19H22Cl2N2O2. The van der Waals surface area contributed by atoms with Crippen molar-refractivity contribution in [1.82, 2.24) is 10.2 Å². The van der Waals surface area contributed by atoms with Crippen molar-refractivity contribution in [3.63, 3.8) is 0 Å². The van der Waals surface area contributed by atoms with E-state index in [1.165, 1.54) is 0 Å². The highest BCUT2D eigenvalue weighted by atomic mass is 35.5. The van der Waals surface area contributed by atoms with Gasteiger partial charge in [0.2, 0.25) is 5.91 Å². The maximum atomic E-state index is 12.3. The van der Waals surface area contributed by atoms with Gasteiger partial charge in [0.15, 0.2) is 0 Å². The van der Waals surface area contributed by atoms with Crippen molar-refractivity contribution in [1.29, 1.82) is 0 Å². The van der Waals surface area contributed by atoms with Crippen molar-refractivity contribution in [2.75, 3.05) is 27.7 Å². The number of amides is 1. The lowest BCUT2D eigenvalue weighted by Gasteiger charge is -2.26. The van der Waals surface area contributed by atoms with Crippen molar-refractivity contribution in [3.05, 3.63) is 63.6 Å². The quantitative estimate of drug-likeness (QED) is 0.789. The molecule has 0 saturated heterocycles. The fourth-order valence-corrected chi connectivity index (χ4v) is 2.94. The molecule has 1 N–H and O–H groups in total. The zero-order chi connectivity index (χ0) is 18.4. The fraction of sp³-hybridized carbons (Fsp3) is 0.316. The van der Waals surface area contributed by atoms with E-state index in [2.05, 4.69) is 10.2 Å². The van der Waals surface area contributed by atoms with Gasteiger partial charge in [-0.2, -0.15) is 0 Å². The van der Waals surface area contributed by atoms with E-state index in [-0.39, 0.29) is 18.4 Å². The molecule has 0 spiro atoms. The van der Waals surface area contributed by atoms with Gasteiger partial charge in [0.05, 0.1) is 29.6 Å². The fourth-order valence-electron chi connectivity index (χ4n) is 2.62. The second kappa shape index (κ2) is 9.09. The van der Waals surface area contributed by atoms with Crippen LogP contribution in [0.25, 0.3) is 0 Å². The molecule has 1 amide bonds. The second-order valence-corrected chi connectivity index (χ2v) is 6.77. The third kappa shape index (κ3) is 5.36. The lowest BCUT2D eigenvalue weighted by atomic mass is 10.0. The first kappa shape index (κ1) is 19.6. The molecule has 0 aliphatic carbocycles. The third-order valence-corrected chi connectivity index (χ3v) is 4.70. The second-order valence-electron chi connectivity index (χ2n) is 5.95. The number of rotatable bonds is 7. The van der Waals surface area contributed by atoms with Crippen LogP contribution in [0.3, 0.4) is 0 Å². The minimum atomic E-state index is -0.0693. The predicted octanol–water partition coefficient (Wildman–Crippen LogP) is 3.96. The Bertz CT molecular complexity index is 735. The number of hydrogen-bond donors (Lipinski definition) is 1. The van der Waals surface area contributed by atoms with Crippen LogP contribution >= 0.6 is 23.2 Å². The van der Waals surface area contributed by atoms with Crippen LogP contribution in [0.15, 0.2) is 42.5 Å². The smallest absolute Gasteiger partial charge is 0.224 e. The Morgan fingerprint density at radius 1 is 1.16 bits per heavy atom. The lowest BCUT2D eigenvalue weighted by Crippen LogP contribution is -2.35. The zero-order valence-electron chi connectivity index (χ0n) is 14.6. The lowest BCUT2D eigenvalue weighted by molar-refractivity contribution is -0.120. The van der Waals surface area contributed by atoms with E-state index >= 15 is 0 Å². The van der Waals surface area contributed by atoms with Crippen molar-refractivity contribution in [2.45, 2.75) is 12.5 Å². The van der Waals surface area contributed by atoms with E-state index in [1.54, 1.807) is 25.3 Å². The molecular weight excluding hydrogens is 359 g/mol. The Balaban J connectivity index is 2.03. The minimum absolute atomic E-state index is 0.00825. The van der Waals surface area contributed by atoms with Gasteiger partial charge in [0.25, 0.3) is 0 Å². The molecule has 1 unspecified atom stereocenters. The summed E-state index contributed by atoms with van der Waals surface area (Å²) in [4.78, 5) is 14.3. The summed E-state index contributed by atoms with van der Waals surface area (Å²) in [5, 5.41) is 3.92. The minimum Gasteiger partial charge on any atom is -0.496 e. The van der Waals surface area contributed by atoms with Crippen molar-refractivity contribution < 1.29 is 9.53 Å². The largest absolute Gasteiger partial charge is 0.496 e. The van der Waals surface area contributed by atoms with Gasteiger partial charge in [0.1, 0.15) is 5.75 Å². The number of benzene rings is 2. The maximum absolute atomic E-state index is 12.3. The molecule has 1 atom stereocenters. The van der Waals surface area contributed by atoms with E-state index in [9.17, 15) is 4.79 Å². The molecule has 2 aromatic rings. The summed E-state index contributed by atoms with van der Waals surface area (Å²) in [6.07, 6.45) is 0.253. The number of carbonyl (C=O) groups excluding carboxylic acids is 1. The van der Waals surface area contributed by atoms with Crippen LogP contribution in [0.5, 0.6) is 5.75 Å². The molecule has 0 aliphatic rings. The molecule has 4 nitrogen and oxygen atoms in total. The Morgan fingerprint density at radius 2 is 1.88 bits per heavy atom. The Labute approximate surface area is 158 Å². The average Bonchev–Trinajstić information content (AvgIpc) is 2.58. The van der Waals surface area contributed by atoms with Crippen LogP contribution in [0.2, 0.25) is 10.0 Å². The molecule has 0 radical (unpaired) electrons. The summed E-state index contributed by atoms with van der Waals surface area (Å²) in [7, 11) is 5.60. The maximum Gasteiger partial charge on any atom is 0.224 e. The molecule has 0 aromatic heterocycles. The van der Waals surface area contributed by atoms with E-state index in [4.69, 9.17) is 27.9 Å². The van der Waals surface area contributed by atoms with Crippen molar-refractivity contribution in [3.8, 4) is 5.75 Å². The number of ether oxygens (including phenoxy) is 1. The first-order valence-electron chi connectivity index (χ1n) is 7.92. The Kier molecular flexibility index (Phi) is 7.12. The van der Waals surface area contributed by atoms with E-state index < -0.39 is 0 Å². The van der Waals surface area contributed by atoms with E-state index in [1.807, 2.05) is 38.4 Å². The molecule has 0 saturated carbocycles. The van der Waals surface area contributed by atoms with Crippen LogP contribution in [-0.2, 0) is 11.2 Å². The number of methoxy groups -OCH3 is 1. The molecule has 0 fully saturated rings. The monoisotopic (exact) mass is 380 g/mol. The topological polar surface area (TPSA) is 41.6 Å². The third-order valence-electron chi connectivity index (χ3n) is 3.96. The highest BCUT2D eigenvalue weighted by Gasteiger charge is 2.19. The molecule has 2 aromatic carbocycles. The number of nitrogens with one attached hydrogen (secondary N) is 1. The van der Waals surface area contributed by atoms with Crippen LogP contribution in [-0.4, -0.2) is 38.6 Å². The first-order chi connectivity index (χ1) is 11.9. The van der Waals surface area contributed by atoms with Gasteiger partial charge in [-0.1, -0.05) is 47.5 Å². The van der Waals surface area contributed by atoms with Crippen LogP contribution < -0.4 is 10.1 Å². The van der Waals surface area contributed by atoms with Crippen LogP contribution in [0.1, 0.15) is 17.2 Å². The van der Waals surface area contributed by atoms with E-state index in [0.717, 1.165) is 16.9 Å². The molecule has 0 bridgehead atoms. The Morgan fingerprint density at radius 3 is 2.52 bits per heavy atom. The van der Waals surface area contributed by atoms with Crippen LogP contribution in [0.4, 0.5) is 0 Å². The van der Waals surface area contributed by atoms with Gasteiger partial charge in [-0.15, -0.1) is 0 Å². The summed E-state index contributed by atoms with van der Waals surface area (Å²) in [6.45, 7) is 0.480. The molecule has 6 heteroatoms. The number of nitrogens with zero attached hydrogens (tertiary/aromatic N) is 1. The normalized spacial score (nSPS) is 12.1. The van der Waals surface area contributed by atoms with Gasteiger partial charge in [-0.25, -0.2) is 0 Å². The average molecular weight is 381 g/mol. The van der Waals surface area contributed by atoms with Crippen LogP contribution in [0, 0.1) is 0 Å². The summed E-state index contributed by atoms with van der Waals surface area (Å²) in [5.41, 5.74) is 1.86. The van der Waals surface area contributed by atoms with Gasteiger partial charge in [-0.05, 0) is 37.9 Å². The molecule has 2 rings (SSSR count). The van der Waals surface area contributed by atoms with Crippen molar-refractivity contribution >= 4 is 29.1 Å². The number of hydrogen-bond acceptors (Lipinski definition) is 3. The number of carbonyl (C=O) groups is 1. The van der Waals surface area contributed by atoms with Crippen molar-refractivity contribution in [2.24, 2.45) is 0 Å². The summed E-state index contributed by atoms with van der Waals surface area (Å²) >= 11 is 11.9. The highest BCUT2D eigenvalue weighted by Crippen LogP contribution is 2.27. The predicted molar refractivity (Wildman–Crippen MR) is 103 cm³/mol. The number of para-hydroxylation sites is 1. The van der Waals surface area contributed by atoms with Gasteiger partial charge >= 0.3 is 0 Å². The summed E-state index contributed by atoms with van der Waals surface area (Å²) in [5.74, 6) is 0.736. The molecule has 0 aliphatic heterocycles. The number of halogens is 2. The number of likely N-dealkylation sites (N-methyl/N-ethyl adjacent to an activating group) is 1. The SMILES string of the molecule is COc1ccccc1C(CNC(=O)Cc1ccc(Cl)c(Cl)c1)N(C)C. The molecule has 0 heterocycles. The summed E-state index contributed by atoms with van der Waals surface area (Å²) in [6, 6.07) is 13.0. The Hall–Kier alpha value is -1.75. The molecule has 134 valence electrons. The first-order valence-corrected chi connectivity index (χ1v) is 8.68. The molecule has 25 heavy (non-hydrogen) atoms.